The molecule has 1 heterocycles. The number of hydrogen-bond donors (Lipinski definition) is 0. The van der Waals surface area contributed by atoms with Crippen molar-refractivity contribution in [2.24, 2.45) is 5.92 Å². The highest BCUT2D eigenvalue weighted by Gasteiger charge is 2.14. The van der Waals surface area contributed by atoms with Gasteiger partial charge in [0.15, 0.2) is 0 Å². The maximum Gasteiger partial charge on any atom is 0.129 e. The molecule has 0 fully saturated rings. The molecule has 1 rings (SSSR count). The minimum atomic E-state index is 0.527. The van der Waals surface area contributed by atoms with Gasteiger partial charge in [0, 0.05) is 11.6 Å². The predicted octanol–water partition coefficient (Wildman–Crippen LogP) is 3.88. The Balaban J connectivity index is 2.91. The third kappa shape index (κ3) is 2.70. The van der Waals surface area contributed by atoms with Crippen LogP contribution in [-0.4, -0.2) is 4.98 Å². The smallest absolute Gasteiger partial charge is 0.129 e. The molecule has 0 aliphatic carbocycles. The summed E-state index contributed by atoms with van der Waals surface area (Å²) in [6.45, 7) is 6.63. The second kappa shape index (κ2) is 4.61. The lowest BCUT2D eigenvalue weighted by Crippen LogP contribution is -2.07. The third-order valence-corrected chi connectivity index (χ3v) is 2.57. The molecule has 72 valence electrons. The first kappa shape index (κ1) is 10.5. The van der Waals surface area contributed by atoms with E-state index >= 15 is 0 Å². The molecule has 0 radical (unpaired) electrons. The molecule has 0 bridgehead atoms. The largest absolute Gasteiger partial charge is 0.241 e. The second-order valence-corrected chi connectivity index (χ2v) is 4.03. The minimum Gasteiger partial charge on any atom is -0.241 e. The van der Waals surface area contributed by atoms with Gasteiger partial charge in [-0.1, -0.05) is 38.4 Å². The van der Waals surface area contributed by atoms with Crippen LogP contribution in [0.4, 0.5) is 0 Å². The van der Waals surface area contributed by atoms with Crippen molar-refractivity contribution in [3.8, 4) is 0 Å². The van der Waals surface area contributed by atoms with Gasteiger partial charge in [0.1, 0.15) is 5.15 Å². The number of rotatable bonds is 3. The van der Waals surface area contributed by atoms with Crippen LogP contribution in [-0.2, 0) is 0 Å². The number of hydrogen-bond acceptors (Lipinski definition) is 1. The molecule has 1 aromatic heterocycles. The molecule has 1 unspecified atom stereocenters. The summed E-state index contributed by atoms with van der Waals surface area (Å²) in [7, 11) is 0. The van der Waals surface area contributed by atoms with E-state index in [1.165, 1.54) is 0 Å². The summed E-state index contributed by atoms with van der Waals surface area (Å²) in [5.41, 5.74) is 1.12. The molecule has 2 heteroatoms. The van der Waals surface area contributed by atoms with Crippen molar-refractivity contribution in [3.05, 3.63) is 29.0 Å². The fraction of sp³-hybridized carbons (Fsp3) is 0.545. The Morgan fingerprint density at radius 1 is 1.38 bits per heavy atom. The highest BCUT2D eigenvalue weighted by Crippen LogP contribution is 2.26. The Morgan fingerprint density at radius 2 is 2.08 bits per heavy atom. The summed E-state index contributed by atoms with van der Waals surface area (Å²) >= 11 is 5.84. The Hall–Kier alpha value is -0.560. The summed E-state index contributed by atoms with van der Waals surface area (Å²) in [6, 6.07) is 5.84. The molecule has 1 atom stereocenters. The van der Waals surface area contributed by atoms with Crippen molar-refractivity contribution in [2.75, 3.05) is 0 Å². The van der Waals surface area contributed by atoms with Crippen molar-refractivity contribution in [1.82, 2.24) is 4.98 Å². The van der Waals surface area contributed by atoms with E-state index in [2.05, 4.69) is 31.8 Å². The molecule has 0 aromatic carbocycles. The maximum absolute atomic E-state index is 5.84. The van der Waals surface area contributed by atoms with Crippen LogP contribution >= 0.6 is 11.6 Å². The first-order valence-electron chi connectivity index (χ1n) is 4.77. The van der Waals surface area contributed by atoms with E-state index in [1.807, 2.05) is 12.1 Å². The number of halogens is 1. The minimum absolute atomic E-state index is 0.527. The maximum atomic E-state index is 5.84. The fourth-order valence-electron chi connectivity index (χ4n) is 1.65. The van der Waals surface area contributed by atoms with Gasteiger partial charge in [-0.2, -0.15) is 0 Å². The Morgan fingerprint density at radius 3 is 2.54 bits per heavy atom. The normalized spacial score (nSPS) is 13.3. The molecule has 0 saturated carbocycles. The van der Waals surface area contributed by atoms with Crippen LogP contribution < -0.4 is 0 Å². The molecule has 0 aliphatic rings. The molecule has 1 aromatic rings. The second-order valence-electron chi connectivity index (χ2n) is 3.64. The van der Waals surface area contributed by atoms with Crippen molar-refractivity contribution >= 4 is 11.6 Å². The van der Waals surface area contributed by atoms with Crippen LogP contribution in [0.15, 0.2) is 18.2 Å². The first-order valence-corrected chi connectivity index (χ1v) is 5.15. The Bertz CT molecular complexity index is 271. The Kier molecular flexibility index (Phi) is 3.73. The highest BCUT2D eigenvalue weighted by molar-refractivity contribution is 6.29. The molecule has 13 heavy (non-hydrogen) atoms. The van der Waals surface area contributed by atoms with Crippen molar-refractivity contribution in [1.29, 1.82) is 0 Å². The summed E-state index contributed by atoms with van der Waals surface area (Å²) in [4.78, 5) is 4.33. The lowest BCUT2D eigenvalue weighted by Gasteiger charge is -2.18. The average molecular weight is 198 g/mol. The van der Waals surface area contributed by atoms with Crippen LogP contribution in [0.3, 0.4) is 0 Å². The van der Waals surface area contributed by atoms with Crippen molar-refractivity contribution in [3.63, 3.8) is 0 Å². The van der Waals surface area contributed by atoms with Crippen LogP contribution in [0.2, 0.25) is 5.15 Å². The van der Waals surface area contributed by atoms with Crippen LogP contribution in [0, 0.1) is 5.92 Å². The average Bonchev–Trinajstić information content (AvgIpc) is 2.04. The zero-order valence-corrected chi connectivity index (χ0v) is 9.17. The summed E-state index contributed by atoms with van der Waals surface area (Å²) in [5, 5.41) is 0.594. The zero-order chi connectivity index (χ0) is 9.84. The third-order valence-electron chi connectivity index (χ3n) is 2.36. The zero-order valence-electron chi connectivity index (χ0n) is 8.42. The van der Waals surface area contributed by atoms with Gasteiger partial charge in [0.05, 0.1) is 0 Å². The molecule has 0 spiro atoms. The predicted molar refractivity (Wildman–Crippen MR) is 57.1 cm³/mol. The molecule has 0 N–H and O–H groups in total. The number of aromatic nitrogens is 1. The van der Waals surface area contributed by atoms with Gasteiger partial charge in [-0.25, -0.2) is 4.98 Å². The van der Waals surface area contributed by atoms with E-state index < -0.39 is 0 Å². The molecule has 0 amide bonds. The number of pyridine rings is 1. The topological polar surface area (TPSA) is 12.9 Å². The fourth-order valence-corrected chi connectivity index (χ4v) is 1.82. The van der Waals surface area contributed by atoms with E-state index in [0.29, 0.717) is 17.0 Å². The van der Waals surface area contributed by atoms with Crippen LogP contribution in [0.1, 0.15) is 38.8 Å². The van der Waals surface area contributed by atoms with Gasteiger partial charge in [0.25, 0.3) is 0 Å². The highest BCUT2D eigenvalue weighted by atomic mass is 35.5. The van der Waals surface area contributed by atoms with E-state index in [1.54, 1.807) is 0 Å². The van der Waals surface area contributed by atoms with E-state index in [-0.39, 0.29) is 0 Å². The number of nitrogens with zero attached hydrogens (tertiary/aromatic N) is 1. The lowest BCUT2D eigenvalue weighted by atomic mass is 9.90. The van der Waals surface area contributed by atoms with Gasteiger partial charge in [-0.15, -0.1) is 0 Å². The molecular formula is C11H16ClN. The van der Waals surface area contributed by atoms with Crippen LogP contribution in [0.25, 0.3) is 0 Å². The van der Waals surface area contributed by atoms with Crippen LogP contribution in [0.5, 0.6) is 0 Å². The van der Waals surface area contributed by atoms with Gasteiger partial charge < -0.3 is 0 Å². The Labute approximate surface area is 85.1 Å². The molecule has 0 aliphatic heterocycles. The molecule has 1 nitrogen and oxygen atoms in total. The van der Waals surface area contributed by atoms with Gasteiger partial charge in [0.2, 0.25) is 0 Å². The van der Waals surface area contributed by atoms with Gasteiger partial charge >= 0.3 is 0 Å². The summed E-state index contributed by atoms with van der Waals surface area (Å²) < 4.78 is 0. The quantitative estimate of drug-likeness (QED) is 0.671. The van der Waals surface area contributed by atoms with E-state index in [4.69, 9.17) is 11.6 Å². The summed E-state index contributed by atoms with van der Waals surface area (Å²) in [5.74, 6) is 1.15. The lowest BCUT2D eigenvalue weighted by molar-refractivity contribution is 0.475. The van der Waals surface area contributed by atoms with E-state index in [0.717, 1.165) is 12.1 Å². The van der Waals surface area contributed by atoms with Gasteiger partial charge in [-0.3, -0.25) is 0 Å². The first-order chi connectivity index (χ1) is 6.15. The SMILES string of the molecule is CCC(c1cccc(Cl)n1)C(C)C. The standard InChI is InChI=1S/C11H16ClN/c1-4-9(8(2)3)10-6-5-7-11(12)13-10/h5-9H,4H2,1-3H3. The molecule has 0 saturated heterocycles. The van der Waals surface area contributed by atoms with Crippen molar-refractivity contribution in [2.45, 2.75) is 33.1 Å². The van der Waals surface area contributed by atoms with Crippen molar-refractivity contribution < 1.29 is 0 Å². The van der Waals surface area contributed by atoms with Gasteiger partial charge in [-0.05, 0) is 24.5 Å². The monoisotopic (exact) mass is 197 g/mol. The summed E-state index contributed by atoms with van der Waals surface area (Å²) in [6.07, 6.45) is 1.12. The van der Waals surface area contributed by atoms with E-state index in [9.17, 15) is 0 Å². The molecular weight excluding hydrogens is 182 g/mol.